The molecule has 3 N–H and O–H groups in total. The molecule has 0 radical (unpaired) electrons. The number of thiophene rings is 1. The van der Waals surface area contributed by atoms with E-state index in [0.717, 1.165) is 19.5 Å². The summed E-state index contributed by atoms with van der Waals surface area (Å²) in [4.78, 5) is 0. The number of nitrogens with one attached hydrogen (secondary N) is 1. The second-order valence-corrected chi connectivity index (χ2v) is 5.22. The van der Waals surface area contributed by atoms with E-state index in [-0.39, 0.29) is 0 Å². The summed E-state index contributed by atoms with van der Waals surface area (Å²) in [5, 5.41) is 7.91. The van der Waals surface area contributed by atoms with E-state index in [2.05, 4.69) is 41.2 Å². The maximum atomic E-state index is 5.73. The average Bonchev–Trinajstić information content (AvgIpc) is 2.81. The molecule has 2 nitrogen and oxygen atoms in total. The Morgan fingerprint density at radius 1 is 1.11 bits per heavy atom. The summed E-state index contributed by atoms with van der Waals surface area (Å²) in [6.45, 7) is 4.74. The quantitative estimate of drug-likeness (QED) is 0.784. The third-order valence-electron chi connectivity index (χ3n) is 3.19. The molecule has 2 aromatic rings. The second kappa shape index (κ2) is 6.69. The van der Waals surface area contributed by atoms with Crippen LogP contribution in [-0.4, -0.2) is 6.54 Å². The minimum atomic E-state index is 0.625. The minimum Gasteiger partial charge on any atom is -0.326 e. The number of benzene rings is 1. The van der Waals surface area contributed by atoms with Crippen LogP contribution in [0.5, 0.6) is 0 Å². The number of aryl methyl sites for hydroxylation is 1. The molecule has 0 aliphatic rings. The van der Waals surface area contributed by atoms with Gasteiger partial charge in [-0.25, -0.2) is 0 Å². The van der Waals surface area contributed by atoms with E-state index in [1.165, 1.54) is 22.3 Å². The molecule has 1 aromatic carbocycles. The molecule has 0 aliphatic heterocycles. The highest BCUT2D eigenvalue weighted by Gasteiger charge is 2.01. The van der Waals surface area contributed by atoms with E-state index >= 15 is 0 Å². The van der Waals surface area contributed by atoms with Crippen molar-refractivity contribution in [1.82, 2.24) is 5.32 Å². The number of rotatable bonds is 6. The molecule has 96 valence electrons. The lowest BCUT2D eigenvalue weighted by molar-refractivity contribution is 0.683. The van der Waals surface area contributed by atoms with Crippen LogP contribution in [0, 0.1) is 6.92 Å². The maximum Gasteiger partial charge on any atom is 0.0216 e. The van der Waals surface area contributed by atoms with Gasteiger partial charge in [-0.15, -0.1) is 0 Å². The molecule has 0 unspecified atom stereocenters. The van der Waals surface area contributed by atoms with Gasteiger partial charge in [-0.05, 0) is 52.9 Å². The largest absolute Gasteiger partial charge is 0.326 e. The Labute approximate surface area is 113 Å². The van der Waals surface area contributed by atoms with Crippen molar-refractivity contribution in [2.75, 3.05) is 6.54 Å². The smallest absolute Gasteiger partial charge is 0.0216 e. The Morgan fingerprint density at radius 2 is 1.89 bits per heavy atom. The summed E-state index contributed by atoms with van der Waals surface area (Å²) in [7, 11) is 0. The summed E-state index contributed by atoms with van der Waals surface area (Å²) in [6, 6.07) is 8.41. The van der Waals surface area contributed by atoms with E-state index in [0.29, 0.717) is 6.54 Å². The van der Waals surface area contributed by atoms with Crippen molar-refractivity contribution >= 4 is 11.3 Å². The van der Waals surface area contributed by atoms with Crippen LogP contribution in [0.25, 0.3) is 0 Å². The van der Waals surface area contributed by atoms with Gasteiger partial charge in [0.1, 0.15) is 0 Å². The molecule has 0 bridgehead atoms. The van der Waals surface area contributed by atoms with Crippen molar-refractivity contribution < 1.29 is 0 Å². The lowest BCUT2D eigenvalue weighted by atomic mass is 10.0. The van der Waals surface area contributed by atoms with E-state index in [9.17, 15) is 0 Å². The van der Waals surface area contributed by atoms with E-state index in [4.69, 9.17) is 5.73 Å². The first-order valence-corrected chi connectivity index (χ1v) is 7.24. The van der Waals surface area contributed by atoms with Gasteiger partial charge in [0.05, 0.1) is 0 Å². The van der Waals surface area contributed by atoms with Crippen molar-refractivity contribution in [3.8, 4) is 0 Å². The summed E-state index contributed by atoms with van der Waals surface area (Å²) in [5.74, 6) is 0. The van der Waals surface area contributed by atoms with E-state index < -0.39 is 0 Å². The fourth-order valence-corrected chi connectivity index (χ4v) is 2.87. The van der Waals surface area contributed by atoms with Crippen molar-refractivity contribution in [2.45, 2.75) is 26.4 Å². The van der Waals surface area contributed by atoms with Gasteiger partial charge in [0.15, 0.2) is 0 Å². The lowest BCUT2D eigenvalue weighted by Crippen LogP contribution is -2.17. The molecule has 0 amide bonds. The molecular weight excluding hydrogens is 240 g/mol. The molecule has 3 heteroatoms. The molecule has 0 aliphatic carbocycles. The normalized spacial score (nSPS) is 10.8. The zero-order valence-electron chi connectivity index (χ0n) is 10.8. The molecule has 1 heterocycles. The molecule has 0 fully saturated rings. The number of nitrogens with two attached hydrogens (primary N) is 1. The first kappa shape index (κ1) is 13.3. The molecular formula is C15H20N2S. The highest BCUT2D eigenvalue weighted by atomic mass is 32.1. The third kappa shape index (κ3) is 3.42. The van der Waals surface area contributed by atoms with Gasteiger partial charge in [-0.3, -0.25) is 0 Å². The molecule has 18 heavy (non-hydrogen) atoms. The summed E-state index contributed by atoms with van der Waals surface area (Å²) in [5.41, 5.74) is 11.1. The van der Waals surface area contributed by atoms with Crippen molar-refractivity contribution in [1.29, 1.82) is 0 Å². The monoisotopic (exact) mass is 260 g/mol. The molecule has 0 saturated heterocycles. The Balaban J connectivity index is 1.80. The van der Waals surface area contributed by atoms with Crippen molar-refractivity contribution in [3.63, 3.8) is 0 Å². The van der Waals surface area contributed by atoms with Gasteiger partial charge < -0.3 is 11.1 Å². The van der Waals surface area contributed by atoms with Crippen molar-refractivity contribution in [2.24, 2.45) is 5.73 Å². The first-order valence-electron chi connectivity index (χ1n) is 6.30. The van der Waals surface area contributed by atoms with Crippen LogP contribution in [0.4, 0.5) is 0 Å². The molecule has 0 saturated carbocycles. The minimum absolute atomic E-state index is 0.625. The van der Waals surface area contributed by atoms with Crippen LogP contribution in [0.1, 0.15) is 22.3 Å². The maximum absolute atomic E-state index is 5.73. The standard InChI is InChI=1S/C15H20N2S/c1-12-10-18-11-15(12)9-17-7-6-13-4-2-3-5-14(13)8-16/h2-5,10-11,17H,6-9,16H2,1H3. The van der Waals surface area contributed by atoms with Crippen LogP contribution in [0.15, 0.2) is 35.0 Å². The van der Waals surface area contributed by atoms with Crippen LogP contribution >= 0.6 is 11.3 Å². The lowest BCUT2D eigenvalue weighted by Gasteiger charge is -2.08. The van der Waals surface area contributed by atoms with Crippen LogP contribution in [0.2, 0.25) is 0 Å². The van der Waals surface area contributed by atoms with Crippen LogP contribution in [-0.2, 0) is 19.5 Å². The number of hydrogen-bond donors (Lipinski definition) is 2. The van der Waals surface area contributed by atoms with E-state index in [1.807, 2.05) is 6.07 Å². The highest BCUT2D eigenvalue weighted by molar-refractivity contribution is 7.08. The predicted molar refractivity (Wildman–Crippen MR) is 78.8 cm³/mol. The molecule has 1 aromatic heterocycles. The van der Waals surface area contributed by atoms with Gasteiger partial charge in [0.25, 0.3) is 0 Å². The predicted octanol–water partition coefficient (Wildman–Crippen LogP) is 2.85. The second-order valence-electron chi connectivity index (χ2n) is 4.48. The highest BCUT2D eigenvalue weighted by Crippen LogP contribution is 2.13. The summed E-state index contributed by atoms with van der Waals surface area (Å²) in [6.07, 6.45) is 1.04. The summed E-state index contributed by atoms with van der Waals surface area (Å²) >= 11 is 1.77. The zero-order chi connectivity index (χ0) is 12.8. The van der Waals surface area contributed by atoms with Gasteiger partial charge in [-0.1, -0.05) is 24.3 Å². The molecule has 0 atom stereocenters. The Kier molecular flexibility index (Phi) is 4.93. The Bertz CT molecular complexity index is 491. The van der Waals surface area contributed by atoms with Crippen LogP contribution in [0.3, 0.4) is 0 Å². The topological polar surface area (TPSA) is 38.0 Å². The van der Waals surface area contributed by atoms with Crippen molar-refractivity contribution in [3.05, 3.63) is 57.3 Å². The van der Waals surface area contributed by atoms with Crippen LogP contribution < -0.4 is 11.1 Å². The van der Waals surface area contributed by atoms with Gasteiger partial charge in [-0.2, -0.15) is 11.3 Å². The molecule has 0 spiro atoms. The Hall–Kier alpha value is -1.16. The Morgan fingerprint density at radius 3 is 2.56 bits per heavy atom. The van der Waals surface area contributed by atoms with Gasteiger partial charge in [0.2, 0.25) is 0 Å². The SMILES string of the molecule is Cc1cscc1CNCCc1ccccc1CN. The van der Waals surface area contributed by atoms with Gasteiger partial charge in [0, 0.05) is 13.1 Å². The first-order chi connectivity index (χ1) is 8.81. The average molecular weight is 260 g/mol. The fraction of sp³-hybridized carbons (Fsp3) is 0.333. The van der Waals surface area contributed by atoms with Gasteiger partial charge >= 0.3 is 0 Å². The van der Waals surface area contributed by atoms with E-state index in [1.54, 1.807) is 11.3 Å². The third-order valence-corrected chi connectivity index (χ3v) is 4.10. The summed E-state index contributed by atoms with van der Waals surface area (Å²) < 4.78 is 0. The molecule has 2 rings (SSSR count). The fourth-order valence-electron chi connectivity index (χ4n) is 2.01. The number of hydrogen-bond acceptors (Lipinski definition) is 3. The zero-order valence-corrected chi connectivity index (χ0v) is 11.6.